The van der Waals surface area contributed by atoms with Crippen molar-refractivity contribution in [3.05, 3.63) is 48.5 Å². The number of carbonyl (C=O) groups is 3. The SMILES string of the molecule is CC(OC(=O)CC1Sc2ccccc2NC1=O)C(=O)Nc1ccc(N2CCOCC2)cc1. The summed E-state index contributed by atoms with van der Waals surface area (Å²) in [5.41, 5.74) is 2.42. The van der Waals surface area contributed by atoms with E-state index in [2.05, 4.69) is 15.5 Å². The lowest BCUT2D eigenvalue weighted by Crippen LogP contribution is -2.36. The van der Waals surface area contributed by atoms with E-state index in [4.69, 9.17) is 9.47 Å². The van der Waals surface area contributed by atoms with Gasteiger partial charge in [-0.2, -0.15) is 0 Å². The van der Waals surface area contributed by atoms with Crippen LogP contribution in [0.3, 0.4) is 0 Å². The van der Waals surface area contributed by atoms with Gasteiger partial charge in [0.1, 0.15) is 0 Å². The molecule has 1 fully saturated rings. The molecule has 0 spiro atoms. The second kappa shape index (κ2) is 10.1. The average Bonchev–Trinajstić information content (AvgIpc) is 2.80. The number of hydrogen-bond acceptors (Lipinski definition) is 7. The summed E-state index contributed by atoms with van der Waals surface area (Å²) in [6, 6.07) is 14.9. The summed E-state index contributed by atoms with van der Waals surface area (Å²) in [5.74, 6) is -1.27. The van der Waals surface area contributed by atoms with Crippen molar-refractivity contribution in [3.63, 3.8) is 0 Å². The lowest BCUT2D eigenvalue weighted by molar-refractivity contribution is -0.153. The van der Waals surface area contributed by atoms with Crippen LogP contribution >= 0.6 is 11.8 Å². The van der Waals surface area contributed by atoms with Gasteiger partial charge in [-0.25, -0.2) is 0 Å². The highest BCUT2D eigenvalue weighted by Gasteiger charge is 2.30. The first-order valence-corrected chi connectivity index (χ1v) is 11.4. The van der Waals surface area contributed by atoms with E-state index in [9.17, 15) is 14.4 Å². The summed E-state index contributed by atoms with van der Waals surface area (Å²) in [7, 11) is 0. The van der Waals surface area contributed by atoms with Crippen LogP contribution in [-0.2, 0) is 23.9 Å². The number of benzene rings is 2. The number of nitrogens with zero attached hydrogens (tertiary/aromatic N) is 1. The molecule has 0 saturated carbocycles. The molecule has 2 aromatic rings. The van der Waals surface area contributed by atoms with Gasteiger partial charge in [0.15, 0.2) is 6.10 Å². The number of esters is 1. The second-order valence-corrected chi connectivity index (χ2v) is 8.81. The Balaban J connectivity index is 1.27. The number of amides is 2. The van der Waals surface area contributed by atoms with Crippen molar-refractivity contribution >= 4 is 46.6 Å². The van der Waals surface area contributed by atoms with Crippen LogP contribution in [0.2, 0.25) is 0 Å². The van der Waals surface area contributed by atoms with Crippen molar-refractivity contribution < 1.29 is 23.9 Å². The standard InChI is InChI=1S/C23H25N3O5S/c1-15(22(28)24-16-6-8-17(9-7-16)26-10-12-30-13-11-26)31-21(27)14-20-23(29)25-18-4-2-3-5-19(18)32-20/h2-9,15,20H,10-14H2,1H3,(H,24,28)(H,25,29). The highest BCUT2D eigenvalue weighted by atomic mass is 32.2. The van der Waals surface area contributed by atoms with Crippen LogP contribution < -0.4 is 15.5 Å². The Morgan fingerprint density at radius 3 is 2.66 bits per heavy atom. The highest BCUT2D eigenvalue weighted by molar-refractivity contribution is 8.01. The van der Waals surface area contributed by atoms with Crippen LogP contribution in [0, 0.1) is 0 Å². The largest absolute Gasteiger partial charge is 0.452 e. The monoisotopic (exact) mass is 455 g/mol. The zero-order chi connectivity index (χ0) is 22.5. The predicted octanol–water partition coefficient (Wildman–Crippen LogP) is 2.90. The molecule has 168 valence electrons. The van der Waals surface area contributed by atoms with Crippen molar-refractivity contribution in [2.45, 2.75) is 29.6 Å². The minimum Gasteiger partial charge on any atom is -0.452 e. The third kappa shape index (κ3) is 5.41. The van der Waals surface area contributed by atoms with Crippen LogP contribution in [0.25, 0.3) is 0 Å². The molecule has 2 aliphatic rings. The van der Waals surface area contributed by atoms with Gasteiger partial charge in [0.05, 0.1) is 30.6 Å². The Morgan fingerprint density at radius 2 is 1.91 bits per heavy atom. The summed E-state index contributed by atoms with van der Waals surface area (Å²) >= 11 is 1.32. The lowest BCUT2D eigenvalue weighted by atomic mass is 10.2. The number of morpholine rings is 1. The molecule has 0 aliphatic carbocycles. The van der Waals surface area contributed by atoms with E-state index in [1.807, 2.05) is 48.5 Å². The normalized spacial score (nSPS) is 18.8. The van der Waals surface area contributed by atoms with Crippen LogP contribution in [-0.4, -0.2) is 55.4 Å². The number of nitrogens with one attached hydrogen (secondary N) is 2. The number of hydrogen-bond donors (Lipinski definition) is 2. The summed E-state index contributed by atoms with van der Waals surface area (Å²) in [5, 5.41) is 4.96. The number of fused-ring (bicyclic) bond motifs is 1. The topological polar surface area (TPSA) is 97.0 Å². The van der Waals surface area contributed by atoms with Gasteiger partial charge >= 0.3 is 5.97 Å². The number of para-hydroxylation sites is 1. The van der Waals surface area contributed by atoms with Gasteiger partial charge in [0.2, 0.25) is 5.91 Å². The summed E-state index contributed by atoms with van der Waals surface area (Å²) in [6.07, 6.45) is -1.10. The molecule has 2 unspecified atom stereocenters. The Labute approximate surface area is 190 Å². The zero-order valence-electron chi connectivity index (χ0n) is 17.7. The summed E-state index contributed by atoms with van der Waals surface area (Å²) < 4.78 is 10.6. The second-order valence-electron chi connectivity index (χ2n) is 7.56. The van der Waals surface area contributed by atoms with Crippen LogP contribution in [0.1, 0.15) is 13.3 Å². The molecule has 8 nitrogen and oxygen atoms in total. The van der Waals surface area contributed by atoms with Gasteiger partial charge in [-0.3, -0.25) is 14.4 Å². The molecule has 2 aliphatic heterocycles. The molecule has 4 rings (SSSR count). The Morgan fingerprint density at radius 1 is 1.19 bits per heavy atom. The fraction of sp³-hybridized carbons (Fsp3) is 0.348. The number of thioether (sulfide) groups is 1. The molecule has 9 heteroatoms. The van der Waals surface area contributed by atoms with Gasteiger partial charge in [0, 0.05) is 29.4 Å². The summed E-state index contributed by atoms with van der Waals surface area (Å²) in [4.78, 5) is 40.2. The van der Waals surface area contributed by atoms with Crippen LogP contribution in [0.15, 0.2) is 53.4 Å². The van der Waals surface area contributed by atoms with E-state index in [1.165, 1.54) is 18.7 Å². The van der Waals surface area contributed by atoms with Crippen molar-refractivity contribution in [2.24, 2.45) is 0 Å². The maximum Gasteiger partial charge on any atom is 0.308 e. The Hall–Kier alpha value is -3.04. The van der Waals surface area contributed by atoms with E-state index in [0.29, 0.717) is 18.9 Å². The Bertz CT molecular complexity index is 991. The van der Waals surface area contributed by atoms with Gasteiger partial charge in [-0.1, -0.05) is 12.1 Å². The molecule has 32 heavy (non-hydrogen) atoms. The highest BCUT2D eigenvalue weighted by Crippen LogP contribution is 2.36. The van der Waals surface area contributed by atoms with Crippen LogP contribution in [0.5, 0.6) is 0 Å². The van der Waals surface area contributed by atoms with Gasteiger partial charge in [-0.15, -0.1) is 11.8 Å². The first-order valence-electron chi connectivity index (χ1n) is 10.5. The molecule has 2 N–H and O–H groups in total. The smallest absolute Gasteiger partial charge is 0.308 e. The predicted molar refractivity (Wildman–Crippen MR) is 123 cm³/mol. The van der Waals surface area contributed by atoms with Crippen LogP contribution in [0.4, 0.5) is 17.1 Å². The molecule has 2 aromatic carbocycles. The molecule has 2 heterocycles. The number of anilines is 3. The first kappa shape index (κ1) is 22.2. The quantitative estimate of drug-likeness (QED) is 0.647. The van der Waals surface area contributed by atoms with E-state index < -0.39 is 23.2 Å². The maximum absolute atomic E-state index is 12.5. The first-order chi connectivity index (χ1) is 15.5. The number of carbonyl (C=O) groups excluding carboxylic acids is 3. The van der Waals surface area contributed by atoms with Crippen molar-refractivity contribution in [3.8, 4) is 0 Å². The minimum atomic E-state index is -0.981. The molecule has 0 radical (unpaired) electrons. The van der Waals surface area contributed by atoms with Crippen molar-refractivity contribution in [1.29, 1.82) is 0 Å². The molecule has 0 bridgehead atoms. The molecular weight excluding hydrogens is 430 g/mol. The zero-order valence-corrected chi connectivity index (χ0v) is 18.5. The number of rotatable bonds is 6. The lowest BCUT2D eigenvalue weighted by Gasteiger charge is -2.29. The van der Waals surface area contributed by atoms with E-state index in [0.717, 1.165) is 29.4 Å². The molecule has 1 saturated heterocycles. The van der Waals surface area contributed by atoms with Gasteiger partial charge < -0.3 is 25.0 Å². The molecule has 0 aromatic heterocycles. The third-order valence-electron chi connectivity index (χ3n) is 5.25. The van der Waals surface area contributed by atoms with Crippen molar-refractivity contribution in [2.75, 3.05) is 41.8 Å². The maximum atomic E-state index is 12.5. The fourth-order valence-electron chi connectivity index (χ4n) is 3.50. The van der Waals surface area contributed by atoms with Gasteiger partial charge in [0.25, 0.3) is 5.91 Å². The van der Waals surface area contributed by atoms with Gasteiger partial charge in [-0.05, 0) is 43.3 Å². The molecular formula is C23H25N3O5S. The summed E-state index contributed by atoms with van der Waals surface area (Å²) in [6.45, 7) is 4.59. The Kier molecular flexibility index (Phi) is 6.96. The molecule has 2 amide bonds. The average molecular weight is 456 g/mol. The number of ether oxygens (including phenoxy) is 2. The fourth-order valence-corrected chi connectivity index (χ4v) is 4.59. The minimum absolute atomic E-state index is 0.114. The van der Waals surface area contributed by atoms with E-state index in [-0.39, 0.29) is 12.3 Å². The van der Waals surface area contributed by atoms with E-state index >= 15 is 0 Å². The van der Waals surface area contributed by atoms with Crippen molar-refractivity contribution in [1.82, 2.24) is 0 Å². The van der Waals surface area contributed by atoms with E-state index in [1.54, 1.807) is 0 Å². The molecule has 2 atom stereocenters. The third-order valence-corrected chi connectivity index (χ3v) is 6.52.